The van der Waals surface area contributed by atoms with Crippen molar-refractivity contribution in [1.29, 1.82) is 0 Å². The van der Waals surface area contributed by atoms with Crippen molar-refractivity contribution in [3.05, 3.63) is 67.2 Å². The fourth-order valence-corrected chi connectivity index (χ4v) is 3.28. The highest BCUT2D eigenvalue weighted by Crippen LogP contribution is 2.23. The van der Waals surface area contributed by atoms with Crippen LogP contribution in [0.2, 0.25) is 5.02 Å². The van der Waals surface area contributed by atoms with Gasteiger partial charge in [0.25, 0.3) is 5.91 Å². The number of fused-ring (bicyclic) bond motifs is 1. The zero-order valence-corrected chi connectivity index (χ0v) is 15.1. The van der Waals surface area contributed by atoms with Crippen LogP contribution in [0.4, 0.5) is 0 Å². The first-order valence-corrected chi connectivity index (χ1v) is 8.84. The van der Waals surface area contributed by atoms with E-state index in [0.717, 1.165) is 4.88 Å². The number of carbonyl (C=O) groups excluding carboxylic acids is 1. The molecule has 3 rings (SSSR count). The summed E-state index contributed by atoms with van der Waals surface area (Å²) in [7, 11) is 0. The zero-order valence-electron chi connectivity index (χ0n) is 13.6. The minimum atomic E-state index is -0.326. The van der Waals surface area contributed by atoms with Crippen LogP contribution in [0.25, 0.3) is 11.0 Å². The number of nitrogens with one attached hydrogen (secondary N) is 1. The number of nitrogens with zero attached hydrogens (tertiary/aromatic N) is 1. The Morgan fingerprint density at radius 3 is 2.88 bits per heavy atom. The van der Waals surface area contributed by atoms with Crippen molar-refractivity contribution in [2.75, 3.05) is 0 Å². The Morgan fingerprint density at radius 1 is 1.36 bits per heavy atom. The third-order valence-electron chi connectivity index (χ3n) is 3.58. The SMILES string of the molecule is CC(C)c1cc(C(=O)N/N=C/c2coc3ccc(Cl)cc3c2=O)cs1. The number of hydrazone groups is 1. The Kier molecular flexibility index (Phi) is 5.01. The van der Waals surface area contributed by atoms with E-state index in [2.05, 4.69) is 24.4 Å². The monoisotopic (exact) mass is 374 g/mol. The van der Waals surface area contributed by atoms with E-state index in [9.17, 15) is 9.59 Å². The molecule has 0 unspecified atom stereocenters. The number of amides is 1. The third kappa shape index (κ3) is 3.81. The predicted molar refractivity (Wildman–Crippen MR) is 101 cm³/mol. The maximum Gasteiger partial charge on any atom is 0.272 e. The summed E-state index contributed by atoms with van der Waals surface area (Å²) in [6.07, 6.45) is 2.56. The predicted octanol–water partition coefficient (Wildman–Crippen LogP) is 4.40. The fourth-order valence-electron chi connectivity index (χ4n) is 2.21. The van der Waals surface area contributed by atoms with Gasteiger partial charge in [0, 0.05) is 15.3 Å². The summed E-state index contributed by atoms with van der Waals surface area (Å²) < 4.78 is 5.39. The standard InChI is InChI=1S/C18H15ClN2O3S/c1-10(2)16-5-11(9-25-16)18(23)21-20-7-12-8-24-15-4-3-13(19)6-14(15)17(12)22/h3-10H,1-2H3,(H,21,23)/b20-7+. The highest BCUT2D eigenvalue weighted by atomic mass is 35.5. The van der Waals surface area contributed by atoms with E-state index in [1.54, 1.807) is 17.5 Å². The summed E-state index contributed by atoms with van der Waals surface area (Å²) in [5.41, 5.74) is 3.36. The number of hydrogen-bond donors (Lipinski definition) is 1. The highest BCUT2D eigenvalue weighted by Gasteiger charge is 2.10. The number of hydrogen-bond acceptors (Lipinski definition) is 5. The molecule has 128 valence electrons. The average molecular weight is 375 g/mol. The van der Waals surface area contributed by atoms with E-state index < -0.39 is 0 Å². The molecule has 0 saturated heterocycles. The van der Waals surface area contributed by atoms with Gasteiger partial charge in [0.1, 0.15) is 11.8 Å². The molecule has 2 aromatic heterocycles. The van der Waals surface area contributed by atoms with E-state index >= 15 is 0 Å². The van der Waals surface area contributed by atoms with E-state index in [1.165, 1.54) is 29.9 Å². The first-order valence-electron chi connectivity index (χ1n) is 7.58. The van der Waals surface area contributed by atoms with Crippen LogP contribution in [-0.4, -0.2) is 12.1 Å². The van der Waals surface area contributed by atoms with Gasteiger partial charge < -0.3 is 4.42 Å². The molecular formula is C18H15ClN2O3S. The lowest BCUT2D eigenvalue weighted by Gasteiger charge is -2.00. The molecule has 0 radical (unpaired) electrons. The van der Waals surface area contributed by atoms with Gasteiger partial charge >= 0.3 is 0 Å². The summed E-state index contributed by atoms with van der Waals surface area (Å²) >= 11 is 7.44. The number of benzene rings is 1. The van der Waals surface area contributed by atoms with Crippen LogP contribution >= 0.6 is 22.9 Å². The molecule has 0 spiro atoms. The molecule has 25 heavy (non-hydrogen) atoms. The Bertz CT molecular complexity index is 1020. The van der Waals surface area contributed by atoms with Gasteiger partial charge in [-0.1, -0.05) is 25.4 Å². The molecule has 0 saturated carbocycles. The van der Waals surface area contributed by atoms with E-state index in [0.29, 0.717) is 27.5 Å². The minimum absolute atomic E-state index is 0.225. The molecule has 1 amide bonds. The van der Waals surface area contributed by atoms with Crippen molar-refractivity contribution in [1.82, 2.24) is 5.43 Å². The van der Waals surface area contributed by atoms with Crippen LogP contribution < -0.4 is 10.9 Å². The van der Waals surface area contributed by atoms with E-state index in [4.69, 9.17) is 16.0 Å². The Labute approximate surface area is 152 Å². The summed E-state index contributed by atoms with van der Waals surface area (Å²) in [6, 6.07) is 6.65. The number of halogens is 1. The summed E-state index contributed by atoms with van der Waals surface area (Å²) in [6.45, 7) is 4.13. The molecule has 0 bridgehead atoms. The Morgan fingerprint density at radius 2 is 2.16 bits per heavy atom. The van der Waals surface area contributed by atoms with Crippen molar-refractivity contribution in [2.45, 2.75) is 19.8 Å². The summed E-state index contributed by atoms with van der Waals surface area (Å²) in [5.74, 6) is 0.0386. The Balaban J connectivity index is 1.77. The molecule has 0 aliphatic carbocycles. The van der Waals surface area contributed by atoms with Gasteiger partial charge in [-0.25, -0.2) is 5.43 Å². The quantitative estimate of drug-likeness (QED) is 0.543. The number of rotatable bonds is 4. The molecule has 5 nitrogen and oxygen atoms in total. The second-order valence-corrected chi connectivity index (χ2v) is 7.13. The maximum absolute atomic E-state index is 12.4. The molecule has 0 fully saturated rings. The van der Waals surface area contributed by atoms with Crippen LogP contribution in [0.1, 0.15) is 40.6 Å². The lowest BCUT2D eigenvalue weighted by atomic mass is 10.1. The molecule has 7 heteroatoms. The first-order chi connectivity index (χ1) is 12.0. The van der Waals surface area contributed by atoms with Crippen molar-refractivity contribution in [2.24, 2.45) is 5.10 Å². The molecule has 1 N–H and O–H groups in total. The molecule has 0 aliphatic heterocycles. The molecule has 3 aromatic rings. The lowest BCUT2D eigenvalue weighted by molar-refractivity contribution is 0.0955. The summed E-state index contributed by atoms with van der Waals surface area (Å²) in [5, 5.41) is 6.44. The van der Waals surface area contributed by atoms with Gasteiger partial charge in [0.15, 0.2) is 0 Å². The maximum atomic E-state index is 12.4. The van der Waals surface area contributed by atoms with Crippen LogP contribution in [0, 0.1) is 0 Å². The second kappa shape index (κ2) is 7.21. The van der Waals surface area contributed by atoms with Crippen molar-refractivity contribution < 1.29 is 9.21 Å². The van der Waals surface area contributed by atoms with Crippen LogP contribution in [-0.2, 0) is 0 Å². The van der Waals surface area contributed by atoms with Crippen LogP contribution in [0.3, 0.4) is 0 Å². The fraction of sp³-hybridized carbons (Fsp3) is 0.167. The largest absolute Gasteiger partial charge is 0.463 e. The van der Waals surface area contributed by atoms with Crippen molar-refractivity contribution in [3.8, 4) is 0 Å². The van der Waals surface area contributed by atoms with Crippen LogP contribution in [0.15, 0.2) is 50.2 Å². The second-order valence-electron chi connectivity index (χ2n) is 5.75. The number of carbonyl (C=O) groups is 1. The van der Waals surface area contributed by atoms with Gasteiger partial charge in [-0.05, 0) is 30.2 Å². The first kappa shape index (κ1) is 17.4. The lowest BCUT2D eigenvalue weighted by Crippen LogP contribution is -2.18. The van der Waals surface area contributed by atoms with E-state index in [-0.39, 0.29) is 16.9 Å². The van der Waals surface area contributed by atoms with Gasteiger partial charge in [-0.3, -0.25) is 9.59 Å². The number of thiophene rings is 1. The Hall–Kier alpha value is -2.44. The van der Waals surface area contributed by atoms with Crippen molar-refractivity contribution >= 4 is 46.0 Å². The topological polar surface area (TPSA) is 71.7 Å². The van der Waals surface area contributed by atoms with Gasteiger partial charge in [-0.2, -0.15) is 5.10 Å². The average Bonchev–Trinajstić information content (AvgIpc) is 3.08. The van der Waals surface area contributed by atoms with Crippen LogP contribution in [0.5, 0.6) is 0 Å². The molecule has 0 aliphatic rings. The smallest absolute Gasteiger partial charge is 0.272 e. The van der Waals surface area contributed by atoms with Gasteiger partial charge in [0.2, 0.25) is 5.43 Å². The molecule has 1 aromatic carbocycles. The molecule has 0 atom stereocenters. The van der Waals surface area contributed by atoms with Gasteiger partial charge in [0.05, 0.1) is 22.7 Å². The van der Waals surface area contributed by atoms with E-state index in [1.807, 2.05) is 6.07 Å². The normalized spacial score (nSPS) is 11.5. The molecular weight excluding hydrogens is 360 g/mol. The minimum Gasteiger partial charge on any atom is -0.463 e. The van der Waals surface area contributed by atoms with Gasteiger partial charge in [-0.15, -0.1) is 11.3 Å². The highest BCUT2D eigenvalue weighted by molar-refractivity contribution is 7.10. The molecule has 2 heterocycles. The zero-order chi connectivity index (χ0) is 18.0. The third-order valence-corrected chi connectivity index (χ3v) is 5.05. The summed E-state index contributed by atoms with van der Waals surface area (Å²) in [4.78, 5) is 25.6. The van der Waals surface area contributed by atoms with Crippen molar-refractivity contribution in [3.63, 3.8) is 0 Å².